The summed E-state index contributed by atoms with van der Waals surface area (Å²) < 4.78 is 0. The molecule has 1 saturated heterocycles. The molecule has 1 aliphatic heterocycles. The van der Waals surface area contributed by atoms with Crippen LogP contribution in [0.15, 0.2) is 6.20 Å². The predicted molar refractivity (Wildman–Crippen MR) is 66.1 cm³/mol. The van der Waals surface area contributed by atoms with Crippen molar-refractivity contribution in [3.63, 3.8) is 0 Å². The lowest BCUT2D eigenvalue weighted by Gasteiger charge is -2.17. The molecule has 2 heterocycles. The van der Waals surface area contributed by atoms with Gasteiger partial charge in [-0.1, -0.05) is 6.42 Å². The quantitative estimate of drug-likeness (QED) is 0.624. The molecule has 2 atom stereocenters. The number of nitrogens with two attached hydrogens (primary N) is 1. The van der Waals surface area contributed by atoms with Gasteiger partial charge in [0.15, 0.2) is 0 Å². The highest BCUT2D eigenvalue weighted by Gasteiger charge is 2.38. The third kappa shape index (κ3) is 1.75. The molecule has 18 heavy (non-hydrogen) atoms. The Bertz CT molecular complexity index is 480. The number of anilines is 2. The maximum absolute atomic E-state index is 11.0. The van der Waals surface area contributed by atoms with Gasteiger partial charge in [0.05, 0.1) is 4.92 Å². The number of nitro groups is 1. The Morgan fingerprint density at radius 3 is 2.67 bits per heavy atom. The van der Waals surface area contributed by atoms with E-state index in [1.54, 1.807) is 0 Å². The van der Waals surface area contributed by atoms with E-state index in [9.17, 15) is 10.1 Å². The Hall–Kier alpha value is -1.92. The van der Waals surface area contributed by atoms with Gasteiger partial charge in [-0.15, -0.1) is 0 Å². The summed E-state index contributed by atoms with van der Waals surface area (Å²) >= 11 is 0. The Morgan fingerprint density at radius 1 is 1.39 bits per heavy atom. The Morgan fingerprint density at radius 2 is 2.06 bits per heavy atom. The van der Waals surface area contributed by atoms with Crippen molar-refractivity contribution >= 4 is 17.5 Å². The molecule has 1 saturated carbocycles. The van der Waals surface area contributed by atoms with Crippen molar-refractivity contribution < 1.29 is 4.92 Å². The lowest BCUT2D eigenvalue weighted by molar-refractivity contribution is -0.384. The van der Waals surface area contributed by atoms with Crippen molar-refractivity contribution in [2.24, 2.45) is 11.8 Å². The third-order valence-electron chi connectivity index (χ3n) is 3.99. The van der Waals surface area contributed by atoms with E-state index in [1.807, 2.05) is 4.90 Å². The molecular formula is C11H15N5O2. The number of fused-ring (bicyclic) bond motifs is 1. The molecule has 0 aromatic carbocycles. The average molecular weight is 249 g/mol. The normalized spacial score (nSPS) is 26.3. The molecule has 2 fully saturated rings. The van der Waals surface area contributed by atoms with E-state index in [1.165, 1.54) is 25.5 Å². The minimum absolute atomic E-state index is 0.0517. The average Bonchev–Trinajstić information content (AvgIpc) is 2.88. The molecule has 96 valence electrons. The maximum Gasteiger partial charge on any atom is 0.329 e. The summed E-state index contributed by atoms with van der Waals surface area (Å²) in [5, 5.41) is 11.0. The summed E-state index contributed by atoms with van der Waals surface area (Å²) in [5.74, 6) is 1.77. The molecule has 3 rings (SSSR count). The van der Waals surface area contributed by atoms with E-state index in [0.717, 1.165) is 13.1 Å². The molecular weight excluding hydrogens is 234 g/mol. The molecule has 1 aromatic heterocycles. The lowest BCUT2D eigenvalue weighted by Crippen LogP contribution is -2.23. The van der Waals surface area contributed by atoms with Gasteiger partial charge in [-0.05, 0) is 24.7 Å². The second-order valence-corrected chi connectivity index (χ2v) is 5.05. The first-order valence-electron chi connectivity index (χ1n) is 6.17. The van der Waals surface area contributed by atoms with Crippen LogP contribution in [0.2, 0.25) is 0 Å². The molecule has 1 aliphatic carbocycles. The van der Waals surface area contributed by atoms with E-state index in [4.69, 9.17) is 5.73 Å². The van der Waals surface area contributed by atoms with Crippen molar-refractivity contribution in [2.45, 2.75) is 19.3 Å². The second-order valence-electron chi connectivity index (χ2n) is 5.05. The van der Waals surface area contributed by atoms with Crippen LogP contribution in [0.25, 0.3) is 0 Å². The summed E-state index contributed by atoms with van der Waals surface area (Å²) in [6.07, 6.45) is 4.91. The fourth-order valence-electron chi connectivity index (χ4n) is 3.15. The van der Waals surface area contributed by atoms with Gasteiger partial charge >= 0.3 is 5.69 Å². The van der Waals surface area contributed by atoms with Crippen molar-refractivity contribution in [2.75, 3.05) is 23.7 Å². The number of aromatic nitrogens is 2. The van der Waals surface area contributed by atoms with Gasteiger partial charge in [0.1, 0.15) is 6.20 Å². The molecule has 7 heteroatoms. The van der Waals surface area contributed by atoms with Crippen LogP contribution in [-0.2, 0) is 0 Å². The van der Waals surface area contributed by atoms with Crippen LogP contribution >= 0.6 is 0 Å². The second kappa shape index (κ2) is 4.08. The fraction of sp³-hybridized carbons (Fsp3) is 0.636. The minimum Gasteiger partial charge on any atom is -0.368 e. The first-order chi connectivity index (χ1) is 8.65. The van der Waals surface area contributed by atoms with Crippen molar-refractivity contribution in [3.8, 4) is 0 Å². The number of hydrogen-bond acceptors (Lipinski definition) is 6. The number of nitrogen functional groups attached to an aromatic ring is 1. The van der Waals surface area contributed by atoms with E-state index in [-0.39, 0.29) is 11.6 Å². The summed E-state index contributed by atoms with van der Waals surface area (Å²) in [5.41, 5.74) is 5.49. The summed E-state index contributed by atoms with van der Waals surface area (Å²) in [6.45, 7) is 1.70. The molecule has 2 aliphatic rings. The van der Waals surface area contributed by atoms with Gasteiger partial charge in [-0.25, -0.2) is 4.98 Å². The monoisotopic (exact) mass is 249 g/mol. The van der Waals surface area contributed by atoms with Crippen molar-refractivity contribution in [1.29, 1.82) is 0 Å². The highest BCUT2D eigenvalue weighted by molar-refractivity contribution is 5.59. The van der Waals surface area contributed by atoms with Gasteiger partial charge in [-0.3, -0.25) is 10.1 Å². The third-order valence-corrected chi connectivity index (χ3v) is 3.99. The largest absolute Gasteiger partial charge is 0.368 e. The van der Waals surface area contributed by atoms with Gasteiger partial charge < -0.3 is 10.6 Å². The van der Waals surface area contributed by atoms with E-state index < -0.39 is 4.92 Å². The SMILES string of the molecule is Nc1ncc([N+](=O)[O-])c(N2CC3CCCC3C2)n1. The number of nitrogens with zero attached hydrogens (tertiary/aromatic N) is 4. The summed E-state index contributed by atoms with van der Waals surface area (Å²) in [7, 11) is 0. The van der Waals surface area contributed by atoms with Crippen LogP contribution < -0.4 is 10.6 Å². The van der Waals surface area contributed by atoms with Crippen LogP contribution in [0.1, 0.15) is 19.3 Å². The van der Waals surface area contributed by atoms with Crippen molar-refractivity contribution in [1.82, 2.24) is 9.97 Å². The predicted octanol–water partition coefficient (Wildman–Crippen LogP) is 1.20. The molecule has 1 aromatic rings. The molecule has 0 bridgehead atoms. The Labute approximate surface area is 104 Å². The standard InChI is InChI=1S/C11H15N5O2/c12-11-13-4-9(16(17)18)10(14-11)15-5-7-2-1-3-8(7)6-15/h4,7-8H,1-3,5-6H2,(H2,12,13,14). The molecule has 2 N–H and O–H groups in total. The molecule has 7 nitrogen and oxygen atoms in total. The van der Waals surface area contributed by atoms with Crippen LogP contribution in [0.5, 0.6) is 0 Å². The highest BCUT2D eigenvalue weighted by Crippen LogP contribution is 2.40. The van der Waals surface area contributed by atoms with E-state index in [0.29, 0.717) is 17.7 Å². The van der Waals surface area contributed by atoms with Crippen LogP contribution in [0.3, 0.4) is 0 Å². The number of rotatable bonds is 2. The van der Waals surface area contributed by atoms with Crippen molar-refractivity contribution in [3.05, 3.63) is 16.3 Å². The highest BCUT2D eigenvalue weighted by atomic mass is 16.6. The molecule has 0 spiro atoms. The maximum atomic E-state index is 11.0. The fourth-order valence-corrected chi connectivity index (χ4v) is 3.15. The number of hydrogen-bond donors (Lipinski definition) is 1. The Kier molecular flexibility index (Phi) is 2.53. The van der Waals surface area contributed by atoms with Crippen LogP contribution in [0, 0.1) is 22.0 Å². The van der Waals surface area contributed by atoms with Gasteiger partial charge in [0.25, 0.3) is 0 Å². The zero-order chi connectivity index (χ0) is 12.7. The summed E-state index contributed by atoms with van der Waals surface area (Å²) in [4.78, 5) is 20.3. The lowest BCUT2D eigenvalue weighted by atomic mass is 10.0. The van der Waals surface area contributed by atoms with Crippen LogP contribution in [0.4, 0.5) is 17.5 Å². The molecule has 0 amide bonds. The molecule has 0 radical (unpaired) electrons. The first kappa shape index (κ1) is 11.2. The molecule has 2 unspecified atom stereocenters. The topological polar surface area (TPSA) is 98.2 Å². The summed E-state index contributed by atoms with van der Waals surface area (Å²) in [6, 6.07) is 0. The van der Waals surface area contributed by atoms with Gasteiger partial charge in [0.2, 0.25) is 11.8 Å². The Balaban J connectivity index is 1.92. The first-order valence-corrected chi connectivity index (χ1v) is 6.17. The minimum atomic E-state index is -0.442. The van der Waals surface area contributed by atoms with Gasteiger partial charge in [0, 0.05) is 13.1 Å². The zero-order valence-corrected chi connectivity index (χ0v) is 9.95. The smallest absolute Gasteiger partial charge is 0.329 e. The zero-order valence-electron chi connectivity index (χ0n) is 9.95. The van der Waals surface area contributed by atoms with Crippen LogP contribution in [-0.4, -0.2) is 28.0 Å². The van der Waals surface area contributed by atoms with E-state index in [2.05, 4.69) is 9.97 Å². The van der Waals surface area contributed by atoms with Gasteiger partial charge in [-0.2, -0.15) is 4.98 Å². The van der Waals surface area contributed by atoms with E-state index >= 15 is 0 Å².